The number of hydrogen-bond acceptors (Lipinski definition) is 3. The number of hydrogen-bond donors (Lipinski definition) is 1. The van der Waals surface area contributed by atoms with Crippen LogP contribution in [0.4, 0.5) is 4.79 Å². The van der Waals surface area contributed by atoms with Gasteiger partial charge in [0, 0.05) is 31.4 Å². The van der Waals surface area contributed by atoms with Gasteiger partial charge in [-0.2, -0.15) is 10.2 Å². The lowest BCUT2D eigenvalue weighted by Gasteiger charge is -2.24. The Morgan fingerprint density at radius 1 is 1.38 bits per heavy atom. The molecule has 1 aliphatic heterocycles. The van der Waals surface area contributed by atoms with Gasteiger partial charge in [-0.25, -0.2) is 4.79 Å². The number of likely N-dealkylation sites (tertiary alicyclic amines) is 1. The monoisotopic (exact) mass is 372 g/mol. The molecule has 8 heteroatoms. The summed E-state index contributed by atoms with van der Waals surface area (Å²) in [4.78, 5) is 14.6. The zero-order valence-electron chi connectivity index (χ0n) is 14.6. The number of halogens is 1. The van der Waals surface area contributed by atoms with Gasteiger partial charge in [0.25, 0.3) is 0 Å². The van der Waals surface area contributed by atoms with Crippen molar-refractivity contribution < 1.29 is 4.79 Å². The lowest BCUT2D eigenvalue weighted by Crippen LogP contribution is -2.44. The molecular formula is C18H21ClN6O. The number of nitrogens with zero attached hydrogens (tertiary/aromatic N) is 5. The summed E-state index contributed by atoms with van der Waals surface area (Å²) in [6.07, 6.45) is 5.69. The molecule has 0 bridgehead atoms. The van der Waals surface area contributed by atoms with Gasteiger partial charge in [-0.15, -0.1) is 0 Å². The fourth-order valence-corrected chi connectivity index (χ4v) is 3.93. The second-order valence-electron chi connectivity index (χ2n) is 6.58. The third-order valence-electron chi connectivity index (χ3n) is 4.90. The third kappa shape index (κ3) is 3.14. The first-order valence-corrected chi connectivity index (χ1v) is 9.13. The molecule has 0 radical (unpaired) electrons. The minimum absolute atomic E-state index is 0.0643. The molecule has 2 aromatic heterocycles. The molecule has 1 saturated heterocycles. The van der Waals surface area contributed by atoms with Crippen molar-refractivity contribution in [1.29, 1.82) is 0 Å². The van der Waals surface area contributed by atoms with Gasteiger partial charge in [0.05, 0.1) is 35.4 Å². The zero-order chi connectivity index (χ0) is 18.1. The van der Waals surface area contributed by atoms with Crippen molar-refractivity contribution in [3.05, 3.63) is 47.4 Å². The highest BCUT2D eigenvalue weighted by Gasteiger charge is 2.29. The SMILES string of the molecule is Cn1nc(CNC(=O)N2CCCC2Cn2cccn2)c2c(Cl)cccc21. The third-order valence-corrected chi connectivity index (χ3v) is 5.22. The quantitative estimate of drug-likeness (QED) is 0.765. The number of carbonyl (C=O) groups is 1. The van der Waals surface area contributed by atoms with Crippen molar-refractivity contribution in [3.8, 4) is 0 Å². The van der Waals surface area contributed by atoms with E-state index in [1.54, 1.807) is 10.9 Å². The Kier molecular flexibility index (Phi) is 4.55. The molecule has 0 aliphatic carbocycles. The molecule has 3 aromatic rings. The van der Waals surface area contributed by atoms with Crippen LogP contribution >= 0.6 is 11.6 Å². The largest absolute Gasteiger partial charge is 0.332 e. The topological polar surface area (TPSA) is 68.0 Å². The summed E-state index contributed by atoms with van der Waals surface area (Å²) in [5.41, 5.74) is 1.74. The number of fused-ring (bicyclic) bond motifs is 1. The predicted molar refractivity (Wildman–Crippen MR) is 99.9 cm³/mol. The number of nitrogens with one attached hydrogen (secondary N) is 1. The van der Waals surface area contributed by atoms with E-state index in [1.165, 1.54) is 0 Å². The molecule has 2 amide bonds. The highest BCUT2D eigenvalue weighted by atomic mass is 35.5. The number of carbonyl (C=O) groups excluding carboxylic acids is 1. The number of amides is 2. The molecule has 1 atom stereocenters. The molecule has 1 fully saturated rings. The second kappa shape index (κ2) is 6.99. The highest BCUT2D eigenvalue weighted by Crippen LogP contribution is 2.26. The zero-order valence-corrected chi connectivity index (χ0v) is 15.4. The van der Waals surface area contributed by atoms with Crippen LogP contribution in [-0.2, 0) is 20.1 Å². The summed E-state index contributed by atoms with van der Waals surface area (Å²) < 4.78 is 3.67. The molecule has 4 rings (SSSR count). The van der Waals surface area contributed by atoms with Crippen molar-refractivity contribution in [2.45, 2.75) is 32.0 Å². The Morgan fingerprint density at radius 2 is 2.27 bits per heavy atom. The van der Waals surface area contributed by atoms with Gasteiger partial charge in [0.1, 0.15) is 0 Å². The van der Waals surface area contributed by atoms with E-state index in [-0.39, 0.29) is 12.1 Å². The molecule has 3 heterocycles. The van der Waals surface area contributed by atoms with Crippen molar-refractivity contribution >= 4 is 28.5 Å². The molecule has 0 saturated carbocycles. The fraction of sp³-hybridized carbons (Fsp3) is 0.389. The average molecular weight is 373 g/mol. The van der Waals surface area contributed by atoms with E-state index >= 15 is 0 Å². The lowest BCUT2D eigenvalue weighted by atomic mass is 10.2. The highest BCUT2D eigenvalue weighted by molar-refractivity contribution is 6.35. The maximum atomic E-state index is 12.7. The summed E-state index contributed by atoms with van der Waals surface area (Å²) in [6, 6.07) is 7.72. The van der Waals surface area contributed by atoms with Crippen molar-refractivity contribution in [2.75, 3.05) is 6.54 Å². The average Bonchev–Trinajstić information content (AvgIpc) is 3.35. The first-order valence-electron chi connectivity index (χ1n) is 8.75. The second-order valence-corrected chi connectivity index (χ2v) is 6.99. The minimum Gasteiger partial charge on any atom is -0.332 e. The Bertz CT molecular complexity index is 919. The van der Waals surface area contributed by atoms with Crippen molar-refractivity contribution in [2.24, 2.45) is 7.05 Å². The van der Waals surface area contributed by atoms with Crippen LogP contribution in [0.1, 0.15) is 18.5 Å². The van der Waals surface area contributed by atoms with Gasteiger partial charge in [-0.3, -0.25) is 9.36 Å². The van der Waals surface area contributed by atoms with Gasteiger partial charge in [-0.05, 0) is 31.0 Å². The van der Waals surface area contributed by atoms with Crippen molar-refractivity contribution in [3.63, 3.8) is 0 Å². The smallest absolute Gasteiger partial charge is 0.318 e. The first kappa shape index (κ1) is 16.9. The Labute approximate surface area is 156 Å². The molecule has 1 aliphatic rings. The number of benzene rings is 1. The molecule has 7 nitrogen and oxygen atoms in total. The molecule has 1 N–H and O–H groups in total. The van der Waals surface area contributed by atoms with Crippen LogP contribution in [0.2, 0.25) is 5.02 Å². The summed E-state index contributed by atoms with van der Waals surface area (Å²) in [5.74, 6) is 0. The van der Waals surface area contributed by atoms with Crippen LogP contribution in [0, 0.1) is 0 Å². The standard InChI is InChI=1S/C18H21ClN6O/c1-23-16-7-2-6-14(19)17(16)15(22-23)11-20-18(26)25-10-3-5-13(25)12-24-9-4-8-21-24/h2,4,6-9,13H,3,5,10-12H2,1H3,(H,20,26). The molecule has 1 aromatic carbocycles. The molecule has 136 valence electrons. The normalized spacial score (nSPS) is 17.2. The van der Waals surface area contributed by atoms with E-state index in [4.69, 9.17) is 11.6 Å². The first-order chi connectivity index (χ1) is 12.6. The van der Waals surface area contributed by atoms with Crippen LogP contribution in [0.5, 0.6) is 0 Å². The van der Waals surface area contributed by atoms with Gasteiger partial charge in [0.2, 0.25) is 0 Å². The molecule has 0 spiro atoms. The van der Waals surface area contributed by atoms with Gasteiger partial charge < -0.3 is 10.2 Å². The van der Waals surface area contributed by atoms with Crippen LogP contribution in [0.25, 0.3) is 10.9 Å². The summed E-state index contributed by atoms with van der Waals surface area (Å²) in [7, 11) is 1.88. The lowest BCUT2D eigenvalue weighted by molar-refractivity contribution is 0.185. The maximum Gasteiger partial charge on any atom is 0.318 e. The van der Waals surface area contributed by atoms with Crippen LogP contribution in [0.3, 0.4) is 0 Å². The van der Waals surface area contributed by atoms with Crippen LogP contribution < -0.4 is 5.32 Å². The van der Waals surface area contributed by atoms with Crippen molar-refractivity contribution in [1.82, 2.24) is 29.8 Å². The van der Waals surface area contributed by atoms with Gasteiger partial charge >= 0.3 is 6.03 Å². The fourth-order valence-electron chi connectivity index (χ4n) is 3.65. The Balaban J connectivity index is 1.45. The number of urea groups is 1. The van der Waals surface area contributed by atoms with Crippen LogP contribution in [0.15, 0.2) is 36.7 Å². The number of rotatable bonds is 4. The van der Waals surface area contributed by atoms with E-state index in [1.807, 2.05) is 47.1 Å². The molecule has 26 heavy (non-hydrogen) atoms. The van der Waals surface area contributed by atoms with Crippen LogP contribution in [-0.4, -0.2) is 43.1 Å². The molecular weight excluding hydrogens is 352 g/mol. The van der Waals surface area contributed by atoms with E-state index in [2.05, 4.69) is 15.5 Å². The summed E-state index contributed by atoms with van der Waals surface area (Å²) in [6.45, 7) is 1.84. The molecule has 1 unspecified atom stereocenters. The minimum atomic E-state index is -0.0643. The number of aromatic nitrogens is 4. The van der Waals surface area contributed by atoms with E-state index in [9.17, 15) is 4.79 Å². The van der Waals surface area contributed by atoms with Gasteiger partial charge in [-0.1, -0.05) is 17.7 Å². The van der Waals surface area contributed by atoms with Gasteiger partial charge in [0.15, 0.2) is 0 Å². The maximum absolute atomic E-state index is 12.7. The van der Waals surface area contributed by atoms with E-state index in [0.29, 0.717) is 11.6 Å². The Hall–Kier alpha value is -2.54. The van der Waals surface area contributed by atoms with E-state index < -0.39 is 0 Å². The van der Waals surface area contributed by atoms with E-state index in [0.717, 1.165) is 42.5 Å². The Morgan fingerprint density at radius 3 is 3.08 bits per heavy atom. The summed E-state index contributed by atoms with van der Waals surface area (Å²) in [5, 5.41) is 13.3. The summed E-state index contributed by atoms with van der Waals surface area (Å²) >= 11 is 6.33. The predicted octanol–water partition coefficient (Wildman–Crippen LogP) is 2.80. The number of aryl methyl sites for hydroxylation is 1.